The Bertz CT molecular complexity index is 143. The summed E-state index contributed by atoms with van der Waals surface area (Å²) in [4.78, 5) is 11.4. The zero-order valence-corrected chi connectivity index (χ0v) is 8.31. The third kappa shape index (κ3) is 2.33. The van der Waals surface area contributed by atoms with Gasteiger partial charge in [-0.25, -0.2) is 0 Å². The van der Waals surface area contributed by atoms with E-state index in [0.717, 1.165) is 25.2 Å². The summed E-state index contributed by atoms with van der Waals surface area (Å²) in [5.74, 6) is 1.81. The summed E-state index contributed by atoms with van der Waals surface area (Å²) in [6, 6.07) is 0. The molecular formula is C11H20O. The second kappa shape index (κ2) is 4.64. The molecule has 0 N–H and O–H groups in total. The maximum absolute atomic E-state index is 11.4. The van der Waals surface area contributed by atoms with Gasteiger partial charge < -0.3 is 0 Å². The van der Waals surface area contributed by atoms with E-state index in [4.69, 9.17) is 0 Å². The van der Waals surface area contributed by atoms with Crippen LogP contribution in [0, 0.1) is 11.8 Å². The SMILES string of the molecule is CCC(=O)C1CCC(CC)CC1. The Hall–Kier alpha value is -0.330. The van der Waals surface area contributed by atoms with Gasteiger partial charge in [0, 0.05) is 12.3 Å². The second-order valence-electron chi connectivity index (χ2n) is 3.95. The van der Waals surface area contributed by atoms with E-state index in [1.54, 1.807) is 0 Å². The van der Waals surface area contributed by atoms with Crippen LogP contribution in [0.5, 0.6) is 0 Å². The molecule has 0 bridgehead atoms. The predicted molar refractivity (Wildman–Crippen MR) is 51.0 cm³/mol. The van der Waals surface area contributed by atoms with Crippen molar-refractivity contribution in [3.05, 3.63) is 0 Å². The molecule has 70 valence electrons. The minimum atomic E-state index is 0.415. The minimum Gasteiger partial charge on any atom is -0.299 e. The third-order valence-electron chi connectivity index (χ3n) is 3.23. The molecule has 0 aromatic carbocycles. The van der Waals surface area contributed by atoms with Gasteiger partial charge in [0.2, 0.25) is 0 Å². The van der Waals surface area contributed by atoms with Gasteiger partial charge in [0.05, 0.1) is 0 Å². The number of hydrogen-bond acceptors (Lipinski definition) is 1. The number of carbonyl (C=O) groups is 1. The summed E-state index contributed by atoms with van der Waals surface area (Å²) in [6.07, 6.45) is 6.92. The molecule has 0 radical (unpaired) electrons. The molecule has 0 aromatic rings. The van der Waals surface area contributed by atoms with Crippen molar-refractivity contribution in [2.75, 3.05) is 0 Å². The lowest BCUT2D eigenvalue weighted by atomic mass is 9.78. The van der Waals surface area contributed by atoms with Crippen LogP contribution in [-0.2, 0) is 4.79 Å². The van der Waals surface area contributed by atoms with Gasteiger partial charge in [-0.2, -0.15) is 0 Å². The van der Waals surface area contributed by atoms with E-state index in [0.29, 0.717) is 11.7 Å². The molecule has 1 rings (SSSR count). The number of rotatable bonds is 3. The highest BCUT2D eigenvalue weighted by Gasteiger charge is 2.23. The molecule has 0 saturated heterocycles. The van der Waals surface area contributed by atoms with Crippen LogP contribution in [-0.4, -0.2) is 5.78 Å². The maximum atomic E-state index is 11.4. The molecule has 0 unspecified atom stereocenters. The number of carbonyl (C=O) groups excluding carboxylic acids is 1. The largest absolute Gasteiger partial charge is 0.299 e. The van der Waals surface area contributed by atoms with Crippen molar-refractivity contribution in [1.29, 1.82) is 0 Å². The summed E-state index contributed by atoms with van der Waals surface area (Å²) >= 11 is 0. The number of hydrogen-bond donors (Lipinski definition) is 0. The van der Waals surface area contributed by atoms with Crippen LogP contribution in [0.4, 0.5) is 0 Å². The summed E-state index contributed by atoms with van der Waals surface area (Å²) in [5.41, 5.74) is 0. The van der Waals surface area contributed by atoms with Crippen molar-refractivity contribution >= 4 is 5.78 Å². The van der Waals surface area contributed by atoms with Crippen LogP contribution < -0.4 is 0 Å². The van der Waals surface area contributed by atoms with Gasteiger partial charge in [-0.3, -0.25) is 4.79 Å². The number of Topliss-reactive ketones (excluding diaryl/α,β-unsaturated/α-hetero) is 1. The van der Waals surface area contributed by atoms with Crippen LogP contribution >= 0.6 is 0 Å². The highest BCUT2D eigenvalue weighted by molar-refractivity contribution is 5.80. The molecule has 0 atom stereocenters. The van der Waals surface area contributed by atoms with Crippen LogP contribution in [0.2, 0.25) is 0 Å². The summed E-state index contributed by atoms with van der Waals surface area (Å²) in [7, 11) is 0. The smallest absolute Gasteiger partial charge is 0.135 e. The molecule has 1 nitrogen and oxygen atoms in total. The van der Waals surface area contributed by atoms with Crippen molar-refractivity contribution in [3.8, 4) is 0 Å². The first-order valence-corrected chi connectivity index (χ1v) is 5.30. The maximum Gasteiger partial charge on any atom is 0.135 e. The Morgan fingerprint density at radius 3 is 2.17 bits per heavy atom. The molecule has 12 heavy (non-hydrogen) atoms. The van der Waals surface area contributed by atoms with Crippen molar-refractivity contribution in [3.63, 3.8) is 0 Å². The molecule has 1 heteroatoms. The molecule has 0 aromatic heterocycles. The van der Waals surface area contributed by atoms with Gasteiger partial charge >= 0.3 is 0 Å². The normalized spacial score (nSPS) is 30.2. The first-order valence-electron chi connectivity index (χ1n) is 5.30. The first kappa shape index (κ1) is 9.76. The van der Waals surface area contributed by atoms with Crippen molar-refractivity contribution in [1.82, 2.24) is 0 Å². The molecule has 1 saturated carbocycles. The van der Waals surface area contributed by atoms with Gasteiger partial charge in [-0.15, -0.1) is 0 Å². The fourth-order valence-electron chi connectivity index (χ4n) is 2.18. The quantitative estimate of drug-likeness (QED) is 0.632. The van der Waals surface area contributed by atoms with E-state index < -0.39 is 0 Å². The Labute approximate surface area is 75.5 Å². The Balaban J connectivity index is 2.30. The molecule has 1 fully saturated rings. The Kier molecular flexibility index (Phi) is 3.77. The summed E-state index contributed by atoms with van der Waals surface area (Å²) < 4.78 is 0. The van der Waals surface area contributed by atoms with Crippen LogP contribution in [0.1, 0.15) is 52.4 Å². The van der Waals surface area contributed by atoms with Crippen molar-refractivity contribution in [2.24, 2.45) is 11.8 Å². The highest BCUT2D eigenvalue weighted by atomic mass is 16.1. The molecule has 0 heterocycles. The Morgan fingerprint density at radius 1 is 1.17 bits per heavy atom. The van der Waals surface area contributed by atoms with E-state index >= 15 is 0 Å². The highest BCUT2D eigenvalue weighted by Crippen LogP contribution is 2.31. The standard InChI is InChI=1S/C11H20O/c1-3-9-5-7-10(8-6-9)11(12)4-2/h9-10H,3-8H2,1-2H3. The minimum absolute atomic E-state index is 0.415. The number of ketones is 1. The average molecular weight is 168 g/mol. The topological polar surface area (TPSA) is 17.1 Å². The molecular weight excluding hydrogens is 148 g/mol. The van der Waals surface area contributed by atoms with Gasteiger partial charge in [-0.05, 0) is 31.6 Å². The van der Waals surface area contributed by atoms with E-state index in [-0.39, 0.29) is 0 Å². The average Bonchev–Trinajstić information content (AvgIpc) is 2.17. The van der Waals surface area contributed by atoms with E-state index in [9.17, 15) is 4.79 Å². The lowest BCUT2D eigenvalue weighted by Gasteiger charge is -2.26. The summed E-state index contributed by atoms with van der Waals surface area (Å²) in [6.45, 7) is 4.24. The lowest BCUT2D eigenvalue weighted by Crippen LogP contribution is -2.20. The molecule has 1 aliphatic carbocycles. The van der Waals surface area contributed by atoms with Crippen LogP contribution in [0.3, 0.4) is 0 Å². The van der Waals surface area contributed by atoms with Crippen molar-refractivity contribution < 1.29 is 4.79 Å². The fourth-order valence-corrected chi connectivity index (χ4v) is 2.18. The van der Waals surface area contributed by atoms with E-state index in [1.165, 1.54) is 19.3 Å². The third-order valence-corrected chi connectivity index (χ3v) is 3.23. The Morgan fingerprint density at radius 2 is 1.75 bits per heavy atom. The van der Waals surface area contributed by atoms with Gasteiger partial charge in [-0.1, -0.05) is 20.3 Å². The zero-order valence-electron chi connectivity index (χ0n) is 8.31. The molecule has 0 amide bonds. The summed E-state index contributed by atoms with van der Waals surface area (Å²) in [5, 5.41) is 0. The van der Waals surface area contributed by atoms with E-state index in [1.807, 2.05) is 6.92 Å². The van der Waals surface area contributed by atoms with Gasteiger partial charge in [0.1, 0.15) is 5.78 Å². The predicted octanol–water partition coefficient (Wildman–Crippen LogP) is 3.18. The van der Waals surface area contributed by atoms with E-state index in [2.05, 4.69) is 6.92 Å². The fraction of sp³-hybridized carbons (Fsp3) is 0.909. The monoisotopic (exact) mass is 168 g/mol. The molecule has 0 spiro atoms. The van der Waals surface area contributed by atoms with Gasteiger partial charge in [0.15, 0.2) is 0 Å². The molecule has 0 aliphatic heterocycles. The van der Waals surface area contributed by atoms with Crippen LogP contribution in [0.25, 0.3) is 0 Å². The first-order chi connectivity index (χ1) is 5.77. The molecule has 1 aliphatic rings. The van der Waals surface area contributed by atoms with Gasteiger partial charge in [0.25, 0.3) is 0 Å². The second-order valence-corrected chi connectivity index (χ2v) is 3.95. The lowest BCUT2D eigenvalue weighted by molar-refractivity contribution is -0.123. The van der Waals surface area contributed by atoms with Crippen molar-refractivity contribution in [2.45, 2.75) is 52.4 Å². The van der Waals surface area contributed by atoms with Crippen LogP contribution in [0.15, 0.2) is 0 Å². The zero-order chi connectivity index (χ0) is 8.97.